The fourth-order valence-corrected chi connectivity index (χ4v) is 6.02. The van der Waals surface area contributed by atoms with Crippen molar-refractivity contribution in [2.45, 2.75) is 38.9 Å². The summed E-state index contributed by atoms with van der Waals surface area (Å²) in [5.41, 5.74) is 2.02. The van der Waals surface area contributed by atoms with Gasteiger partial charge in [0.15, 0.2) is 21.4 Å². The Morgan fingerprint density at radius 1 is 1.00 bits per heavy atom. The molecule has 1 saturated heterocycles. The number of alkyl halides is 3. The van der Waals surface area contributed by atoms with Crippen molar-refractivity contribution in [1.29, 1.82) is 0 Å². The third kappa shape index (κ3) is 6.92. The molecule has 1 saturated carbocycles. The van der Waals surface area contributed by atoms with Gasteiger partial charge in [0.25, 0.3) is 0 Å². The van der Waals surface area contributed by atoms with Gasteiger partial charge in [-0.2, -0.15) is 18.2 Å². The first-order chi connectivity index (χ1) is 20.7. The second-order valence-corrected chi connectivity index (χ2v) is 12.0. The molecule has 1 amide bonds. The molecule has 2 fully saturated rings. The van der Waals surface area contributed by atoms with Gasteiger partial charge in [-0.05, 0) is 36.6 Å². The lowest BCUT2D eigenvalue weighted by Gasteiger charge is -2.34. The molecular formula is C31H31F3N6O2S. The highest BCUT2D eigenvalue weighted by Crippen LogP contribution is 2.34. The number of piperazine rings is 1. The quantitative estimate of drug-likeness (QED) is 0.245. The Kier molecular flexibility index (Phi) is 8.25. The van der Waals surface area contributed by atoms with Gasteiger partial charge >= 0.3 is 6.18 Å². The zero-order valence-corrected chi connectivity index (χ0v) is 24.5. The van der Waals surface area contributed by atoms with E-state index < -0.39 is 11.7 Å². The van der Waals surface area contributed by atoms with Gasteiger partial charge in [0, 0.05) is 56.2 Å². The monoisotopic (exact) mass is 608 g/mol. The topological polar surface area (TPSA) is 91.3 Å². The maximum absolute atomic E-state index is 14.0. The predicted octanol–water partition coefficient (Wildman–Crippen LogP) is 5.68. The Balaban J connectivity index is 1.13. The number of hydrogen-bond acceptors (Lipinski definition) is 8. The van der Waals surface area contributed by atoms with Crippen LogP contribution in [0.4, 0.5) is 18.3 Å². The van der Waals surface area contributed by atoms with Crippen LogP contribution < -0.4 is 5.32 Å². The van der Waals surface area contributed by atoms with Crippen LogP contribution in [0.15, 0.2) is 48.7 Å². The smallest absolute Gasteiger partial charge is 0.302 e. The highest BCUT2D eigenvalue weighted by molar-refractivity contribution is 7.21. The first-order valence-electron chi connectivity index (χ1n) is 14.4. The lowest BCUT2D eigenvalue weighted by molar-refractivity contribution is -0.138. The minimum atomic E-state index is -4.51. The Bertz CT molecular complexity index is 1640. The zero-order chi connectivity index (χ0) is 30.1. The molecule has 0 unspecified atom stereocenters. The van der Waals surface area contributed by atoms with Crippen LogP contribution in [0.5, 0.6) is 0 Å². The molecule has 2 aromatic heterocycles. The number of amides is 1. The van der Waals surface area contributed by atoms with E-state index in [0.29, 0.717) is 32.4 Å². The standard InChI is InChI=1S/C31H31F3N6O2S/c1-2-39-11-13-40(14-12-39)18-23-4-3-19(15-24(23)31(32,33)34)16-26(41)21-7-5-20(6-8-21)25-17-35-27-29(36-25)43-30(37-27)38-28(42)22-9-10-22/h3-8,15,17,22H,2,9-14,16,18H2,1H3,(H,35,37,38,42). The normalized spacial score (nSPS) is 16.5. The molecule has 1 aliphatic heterocycles. The van der Waals surface area contributed by atoms with Crippen molar-refractivity contribution in [1.82, 2.24) is 24.8 Å². The summed E-state index contributed by atoms with van der Waals surface area (Å²) in [6.07, 6.45) is -1.28. The van der Waals surface area contributed by atoms with Crippen LogP contribution in [0, 0.1) is 5.92 Å². The second-order valence-electron chi connectivity index (χ2n) is 11.0. The van der Waals surface area contributed by atoms with Gasteiger partial charge < -0.3 is 10.2 Å². The molecule has 3 heterocycles. The van der Waals surface area contributed by atoms with Crippen molar-refractivity contribution >= 4 is 38.6 Å². The van der Waals surface area contributed by atoms with Crippen molar-refractivity contribution in [3.05, 3.63) is 70.9 Å². The number of hydrogen-bond donors (Lipinski definition) is 1. The Labute approximate surface area is 251 Å². The van der Waals surface area contributed by atoms with E-state index >= 15 is 0 Å². The lowest BCUT2D eigenvalue weighted by Crippen LogP contribution is -2.45. The minimum Gasteiger partial charge on any atom is -0.302 e. The van der Waals surface area contributed by atoms with Gasteiger partial charge in [-0.15, -0.1) is 0 Å². The molecule has 4 aromatic rings. The van der Waals surface area contributed by atoms with Crippen LogP contribution in [0.1, 0.15) is 46.8 Å². The first-order valence-corrected chi connectivity index (χ1v) is 15.2. The molecule has 2 aliphatic rings. The average molecular weight is 609 g/mol. The molecule has 12 heteroatoms. The van der Waals surface area contributed by atoms with E-state index in [2.05, 4.69) is 32.1 Å². The molecule has 0 atom stereocenters. The van der Waals surface area contributed by atoms with E-state index in [-0.39, 0.29) is 36.1 Å². The van der Waals surface area contributed by atoms with Gasteiger partial charge in [-0.1, -0.05) is 54.7 Å². The van der Waals surface area contributed by atoms with E-state index in [1.807, 2.05) is 4.90 Å². The number of rotatable bonds is 9. The number of nitrogens with one attached hydrogen (secondary N) is 1. The van der Waals surface area contributed by atoms with Crippen molar-refractivity contribution in [3.63, 3.8) is 0 Å². The number of aromatic nitrogens is 3. The van der Waals surface area contributed by atoms with Crippen LogP contribution in [-0.2, 0) is 23.9 Å². The summed E-state index contributed by atoms with van der Waals surface area (Å²) in [5.74, 6) is -0.248. The molecule has 2 aromatic carbocycles. The van der Waals surface area contributed by atoms with Gasteiger partial charge in [-0.3, -0.25) is 14.5 Å². The van der Waals surface area contributed by atoms with E-state index in [4.69, 9.17) is 0 Å². The van der Waals surface area contributed by atoms with E-state index in [0.717, 1.165) is 57.2 Å². The molecule has 1 aliphatic carbocycles. The van der Waals surface area contributed by atoms with Crippen LogP contribution in [0.25, 0.3) is 21.7 Å². The molecule has 6 rings (SSSR count). The molecule has 224 valence electrons. The maximum atomic E-state index is 14.0. The Hall–Kier alpha value is -3.74. The Morgan fingerprint density at radius 2 is 1.72 bits per heavy atom. The number of nitrogens with zero attached hydrogens (tertiary/aromatic N) is 5. The fourth-order valence-electron chi connectivity index (χ4n) is 5.22. The number of thiazole rings is 1. The molecule has 0 radical (unpaired) electrons. The number of anilines is 1. The summed E-state index contributed by atoms with van der Waals surface area (Å²) in [6.45, 7) is 6.39. The van der Waals surface area contributed by atoms with E-state index in [1.165, 1.54) is 17.4 Å². The minimum absolute atomic E-state index is 0.0360. The van der Waals surface area contributed by atoms with Crippen LogP contribution >= 0.6 is 11.3 Å². The van der Waals surface area contributed by atoms with Gasteiger partial charge in [0.1, 0.15) is 0 Å². The molecule has 8 nitrogen and oxygen atoms in total. The molecular weight excluding hydrogens is 577 g/mol. The molecule has 1 N–H and O–H groups in total. The van der Waals surface area contributed by atoms with Crippen LogP contribution in [-0.4, -0.2) is 69.2 Å². The van der Waals surface area contributed by atoms with Crippen LogP contribution in [0.3, 0.4) is 0 Å². The summed E-state index contributed by atoms with van der Waals surface area (Å²) in [6, 6.07) is 11.0. The SMILES string of the molecule is CCN1CCN(Cc2ccc(CC(=O)c3ccc(-c4cnc5nc(NC(=O)C6CC6)sc5n4)cc3)cc2C(F)(F)F)CC1. The number of fused-ring (bicyclic) bond motifs is 1. The number of carbonyl (C=O) groups excluding carboxylic acids is 2. The largest absolute Gasteiger partial charge is 0.416 e. The van der Waals surface area contributed by atoms with Crippen molar-refractivity contribution in [3.8, 4) is 11.3 Å². The molecule has 43 heavy (non-hydrogen) atoms. The number of carbonyl (C=O) groups is 2. The number of ketones is 1. The molecule has 0 spiro atoms. The summed E-state index contributed by atoms with van der Waals surface area (Å²) >= 11 is 1.25. The van der Waals surface area contributed by atoms with Gasteiger partial charge in [0.05, 0.1) is 17.5 Å². The lowest BCUT2D eigenvalue weighted by atomic mass is 9.97. The van der Waals surface area contributed by atoms with Gasteiger partial charge in [-0.25, -0.2) is 9.97 Å². The van der Waals surface area contributed by atoms with Crippen molar-refractivity contribution in [2.24, 2.45) is 5.92 Å². The summed E-state index contributed by atoms with van der Waals surface area (Å²) in [7, 11) is 0. The van der Waals surface area contributed by atoms with Crippen molar-refractivity contribution in [2.75, 3.05) is 38.0 Å². The third-order valence-corrected chi connectivity index (χ3v) is 8.81. The first kappa shape index (κ1) is 29.3. The third-order valence-electron chi connectivity index (χ3n) is 7.95. The number of Topliss-reactive ketones (excluding diaryl/α,β-unsaturated/α-hetero) is 1. The highest BCUT2D eigenvalue weighted by atomic mass is 32.1. The summed E-state index contributed by atoms with van der Waals surface area (Å²) in [5, 5.41) is 3.27. The maximum Gasteiger partial charge on any atom is 0.416 e. The van der Waals surface area contributed by atoms with E-state index in [9.17, 15) is 22.8 Å². The van der Waals surface area contributed by atoms with Gasteiger partial charge in [0.2, 0.25) is 5.91 Å². The van der Waals surface area contributed by atoms with Crippen molar-refractivity contribution < 1.29 is 22.8 Å². The van der Waals surface area contributed by atoms with E-state index in [1.54, 1.807) is 36.5 Å². The zero-order valence-electron chi connectivity index (χ0n) is 23.7. The number of benzene rings is 2. The summed E-state index contributed by atoms with van der Waals surface area (Å²) < 4.78 is 42.0. The number of likely N-dealkylation sites (N-methyl/N-ethyl adjacent to an activating group) is 1. The highest BCUT2D eigenvalue weighted by Gasteiger charge is 2.34. The number of halogens is 3. The molecule has 0 bridgehead atoms. The Morgan fingerprint density at radius 3 is 2.40 bits per heavy atom. The summed E-state index contributed by atoms with van der Waals surface area (Å²) in [4.78, 5) is 43.3. The predicted molar refractivity (Wildman–Crippen MR) is 159 cm³/mol. The fraction of sp³-hybridized carbons (Fsp3) is 0.387. The second kappa shape index (κ2) is 12.1. The van der Waals surface area contributed by atoms with Crippen LogP contribution in [0.2, 0.25) is 0 Å². The average Bonchev–Trinajstić information content (AvgIpc) is 3.78.